The van der Waals surface area contributed by atoms with Crippen LogP contribution in [0.25, 0.3) is 0 Å². The Labute approximate surface area is 105 Å². The first kappa shape index (κ1) is 16.2. The molecule has 1 saturated heterocycles. The molecule has 0 amide bonds. The first-order valence-electron chi connectivity index (χ1n) is 5.44. The van der Waals surface area contributed by atoms with E-state index in [1.54, 1.807) is 4.31 Å². The normalized spacial score (nSPS) is 23.9. The maximum atomic E-state index is 12.0. The van der Waals surface area contributed by atoms with E-state index in [2.05, 4.69) is 0 Å². The highest BCUT2D eigenvalue weighted by molar-refractivity contribution is 7.89. The van der Waals surface area contributed by atoms with E-state index in [1.807, 2.05) is 20.8 Å². The molecule has 0 aliphatic carbocycles. The van der Waals surface area contributed by atoms with E-state index in [9.17, 15) is 8.42 Å². The summed E-state index contributed by atoms with van der Waals surface area (Å²) < 4.78 is 25.6. The summed E-state index contributed by atoms with van der Waals surface area (Å²) in [5, 5.41) is 0. The van der Waals surface area contributed by atoms with Gasteiger partial charge in [-0.05, 0) is 18.3 Å². The van der Waals surface area contributed by atoms with Gasteiger partial charge in [0.1, 0.15) is 0 Å². The third kappa shape index (κ3) is 4.99. The predicted octanol–water partition coefficient (Wildman–Crippen LogP) is 1.21. The molecule has 0 aromatic rings. The highest BCUT2D eigenvalue weighted by atomic mass is 35.5. The molecule has 4 nitrogen and oxygen atoms in total. The Morgan fingerprint density at radius 3 is 2.38 bits per heavy atom. The van der Waals surface area contributed by atoms with Crippen LogP contribution in [0.2, 0.25) is 0 Å². The fourth-order valence-corrected chi connectivity index (χ4v) is 3.97. The third-order valence-electron chi connectivity index (χ3n) is 2.43. The van der Waals surface area contributed by atoms with Gasteiger partial charge >= 0.3 is 0 Å². The zero-order valence-electron chi connectivity index (χ0n) is 10.3. The molecule has 1 rings (SSSR count). The molecule has 1 aliphatic heterocycles. The minimum atomic E-state index is -3.12. The van der Waals surface area contributed by atoms with Gasteiger partial charge in [-0.25, -0.2) is 12.7 Å². The van der Waals surface area contributed by atoms with Gasteiger partial charge in [-0.1, -0.05) is 20.8 Å². The van der Waals surface area contributed by atoms with Crippen molar-refractivity contribution in [1.82, 2.24) is 4.31 Å². The van der Waals surface area contributed by atoms with Crippen LogP contribution in [0.5, 0.6) is 0 Å². The maximum absolute atomic E-state index is 12.0. The fraction of sp³-hybridized carbons (Fsp3) is 1.00. The second-order valence-corrected chi connectivity index (χ2v) is 7.55. The number of hydrogen-bond donors (Lipinski definition) is 1. The van der Waals surface area contributed by atoms with Crippen molar-refractivity contribution in [2.24, 2.45) is 11.1 Å². The number of rotatable bonds is 2. The van der Waals surface area contributed by atoms with Crippen molar-refractivity contribution >= 4 is 22.4 Å². The molecular weight excluding hydrogens is 248 g/mol. The number of nitrogens with two attached hydrogens (primary N) is 1. The number of nitrogens with zero attached hydrogens (tertiary/aromatic N) is 1. The van der Waals surface area contributed by atoms with E-state index < -0.39 is 10.0 Å². The van der Waals surface area contributed by atoms with Crippen LogP contribution in [0.3, 0.4) is 0 Å². The highest BCUT2D eigenvalue weighted by Gasteiger charge is 2.30. The number of halogens is 1. The van der Waals surface area contributed by atoms with Gasteiger partial charge in [0.2, 0.25) is 10.0 Å². The van der Waals surface area contributed by atoms with Crippen LogP contribution in [0.1, 0.15) is 33.6 Å². The minimum absolute atomic E-state index is 0. The van der Waals surface area contributed by atoms with Crippen LogP contribution in [-0.4, -0.2) is 37.6 Å². The Bertz CT molecular complexity index is 311. The van der Waals surface area contributed by atoms with E-state index in [4.69, 9.17) is 5.73 Å². The summed E-state index contributed by atoms with van der Waals surface area (Å²) in [6, 6.07) is 0.00786. The van der Waals surface area contributed by atoms with E-state index >= 15 is 0 Å². The van der Waals surface area contributed by atoms with E-state index in [-0.39, 0.29) is 29.6 Å². The van der Waals surface area contributed by atoms with Gasteiger partial charge in [0, 0.05) is 19.1 Å². The molecule has 0 saturated carbocycles. The number of hydrogen-bond acceptors (Lipinski definition) is 3. The zero-order chi connectivity index (χ0) is 11.7. The minimum Gasteiger partial charge on any atom is -0.327 e. The van der Waals surface area contributed by atoms with Gasteiger partial charge in [0.15, 0.2) is 0 Å². The summed E-state index contributed by atoms with van der Waals surface area (Å²) in [7, 11) is -3.12. The van der Waals surface area contributed by atoms with Crippen molar-refractivity contribution in [3.8, 4) is 0 Å². The first-order chi connectivity index (χ1) is 6.71. The lowest BCUT2D eigenvalue weighted by Gasteiger charge is -2.32. The molecule has 2 N–H and O–H groups in total. The third-order valence-corrected chi connectivity index (χ3v) is 4.78. The molecular formula is C10H23ClN2O2S. The topological polar surface area (TPSA) is 63.4 Å². The summed E-state index contributed by atoms with van der Waals surface area (Å²) in [6.07, 6.45) is 1.81. The molecule has 0 aromatic carbocycles. The summed E-state index contributed by atoms with van der Waals surface area (Å²) in [4.78, 5) is 0. The van der Waals surface area contributed by atoms with Gasteiger partial charge < -0.3 is 5.73 Å². The lowest BCUT2D eigenvalue weighted by Crippen LogP contribution is -2.47. The van der Waals surface area contributed by atoms with Crippen molar-refractivity contribution in [1.29, 1.82) is 0 Å². The van der Waals surface area contributed by atoms with Crippen LogP contribution < -0.4 is 5.73 Å². The Morgan fingerprint density at radius 2 is 1.94 bits per heavy atom. The number of sulfonamides is 1. The van der Waals surface area contributed by atoms with Gasteiger partial charge in [-0.3, -0.25) is 0 Å². The average Bonchev–Trinajstić information content (AvgIpc) is 1.99. The first-order valence-corrected chi connectivity index (χ1v) is 7.05. The van der Waals surface area contributed by atoms with Crippen molar-refractivity contribution in [2.45, 2.75) is 39.7 Å². The molecule has 1 aliphatic rings. The van der Waals surface area contributed by atoms with Crippen LogP contribution in [0.4, 0.5) is 0 Å². The molecule has 6 heteroatoms. The predicted molar refractivity (Wildman–Crippen MR) is 69.3 cm³/mol. The Hall–Kier alpha value is 0.160. The van der Waals surface area contributed by atoms with Crippen molar-refractivity contribution in [3.05, 3.63) is 0 Å². The van der Waals surface area contributed by atoms with Crippen LogP contribution >= 0.6 is 12.4 Å². The average molecular weight is 271 g/mol. The standard InChI is InChI=1S/C10H22N2O2S.ClH/c1-10(2,3)8-15(13,14)12-6-4-5-9(11)7-12;/h9H,4-8,11H2,1-3H3;1H/t9-;/m1./s1. The van der Waals surface area contributed by atoms with Crippen LogP contribution in [-0.2, 0) is 10.0 Å². The molecule has 0 bridgehead atoms. The van der Waals surface area contributed by atoms with Gasteiger partial charge in [-0.2, -0.15) is 0 Å². The molecule has 0 spiro atoms. The fourth-order valence-electron chi connectivity index (χ4n) is 1.87. The molecule has 1 atom stereocenters. The second-order valence-electron chi connectivity index (χ2n) is 5.58. The number of piperidine rings is 1. The molecule has 0 unspecified atom stereocenters. The van der Waals surface area contributed by atoms with E-state index in [0.29, 0.717) is 13.1 Å². The lowest BCUT2D eigenvalue weighted by atomic mass is 10.0. The van der Waals surface area contributed by atoms with Crippen LogP contribution in [0, 0.1) is 5.41 Å². The molecule has 1 fully saturated rings. The summed E-state index contributed by atoms with van der Waals surface area (Å²) in [5.74, 6) is 0.201. The summed E-state index contributed by atoms with van der Waals surface area (Å²) in [6.45, 7) is 6.93. The molecule has 16 heavy (non-hydrogen) atoms. The SMILES string of the molecule is CC(C)(C)CS(=O)(=O)N1CCC[C@@H](N)C1.Cl. The molecule has 0 radical (unpaired) electrons. The van der Waals surface area contributed by atoms with E-state index in [1.165, 1.54) is 0 Å². The van der Waals surface area contributed by atoms with Crippen molar-refractivity contribution < 1.29 is 8.42 Å². The highest BCUT2D eigenvalue weighted by Crippen LogP contribution is 2.21. The lowest BCUT2D eigenvalue weighted by molar-refractivity contribution is 0.310. The van der Waals surface area contributed by atoms with Crippen LogP contribution in [0.15, 0.2) is 0 Å². The Kier molecular flexibility index (Phi) is 5.72. The molecule has 0 aromatic heterocycles. The van der Waals surface area contributed by atoms with Crippen molar-refractivity contribution in [3.63, 3.8) is 0 Å². The quantitative estimate of drug-likeness (QED) is 0.820. The Balaban J connectivity index is 0.00000225. The van der Waals surface area contributed by atoms with Crippen molar-refractivity contribution in [2.75, 3.05) is 18.8 Å². The zero-order valence-corrected chi connectivity index (χ0v) is 11.9. The maximum Gasteiger partial charge on any atom is 0.214 e. The molecule has 1 heterocycles. The molecule has 98 valence electrons. The largest absolute Gasteiger partial charge is 0.327 e. The van der Waals surface area contributed by atoms with Gasteiger partial charge in [0.05, 0.1) is 5.75 Å². The second kappa shape index (κ2) is 5.67. The smallest absolute Gasteiger partial charge is 0.214 e. The summed E-state index contributed by atoms with van der Waals surface area (Å²) >= 11 is 0. The summed E-state index contributed by atoms with van der Waals surface area (Å²) in [5.41, 5.74) is 5.59. The van der Waals surface area contributed by atoms with Gasteiger partial charge in [-0.15, -0.1) is 12.4 Å². The monoisotopic (exact) mass is 270 g/mol. The van der Waals surface area contributed by atoms with Gasteiger partial charge in [0.25, 0.3) is 0 Å². The van der Waals surface area contributed by atoms with E-state index in [0.717, 1.165) is 12.8 Å². The Morgan fingerprint density at radius 1 is 1.38 bits per heavy atom.